The third kappa shape index (κ3) is 3.72. The van der Waals surface area contributed by atoms with Gasteiger partial charge in [0.25, 0.3) is 0 Å². The van der Waals surface area contributed by atoms with Crippen molar-refractivity contribution in [1.29, 1.82) is 0 Å². The lowest BCUT2D eigenvalue weighted by Crippen LogP contribution is -2.32. The highest BCUT2D eigenvalue weighted by Crippen LogP contribution is 2.26. The molecule has 2 N–H and O–H groups in total. The van der Waals surface area contributed by atoms with Gasteiger partial charge in [-0.25, -0.2) is 13.2 Å². The minimum atomic E-state index is -3.08. The Morgan fingerprint density at radius 3 is 2.75 bits per heavy atom. The van der Waals surface area contributed by atoms with Crippen molar-refractivity contribution in [3.8, 4) is 0 Å². The first kappa shape index (κ1) is 14.8. The van der Waals surface area contributed by atoms with E-state index in [9.17, 15) is 13.2 Å². The van der Waals surface area contributed by atoms with E-state index in [1.165, 1.54) is 6.26 Å². The molecule has 0 amide bonds. The van der Waals surface area contributed by atoms with Crippen LogP contribution in [0.25, 0.3) is 0 Å². The summed E-state index contributed by atoms with van der Waals surface area (Å²) in [5, 5.41) is -0.408. The van der Waals surface area contributed by atoms with Crippen LogP contribution in [0.15, 0.2) is 24.3 Å². The van der Waals surface area contributed by atoms with E-state index in [1.54, 1.807) is 24.3 Å². The van der Waals surface area contributed by atoms with E-state index in [2.05, 4.69) is 0 Å². The van der Waals surface area contributed by atoms with Gasteiger partial charge in [-0.05, 0) is 37.5 Å². The largest absolute Gasteiger partial charge is 0.459 e. The van der Waals surface area contributed by atoms with Crippen molar-refractivity contribution in [3.63, 3.8) is 0 Å². The van der Waals surface area contributed by atoms with Gasteiger partial charge < -0.3 is 10.5 Å². The van der Waals surface area contributed by atoms with Gasteiger partial charge in [0.05, 0.1) is 10.8 Å². The normalized spacial score (nSPS) is 23.2. The number of nitrogen functional groups attached to an aromatic ring is 1. The fourth-order valence-electron chi connectivity index (χ4n) is 2.48. The number of sulfone groups is 1. The molecule has 1 fully saturated rings. The lowest BCUT2D eigenvalue weighted by Gasteiger charge is -2.27. The maximum absolute atomic E-state index is 12.0. The number of anilines is 1. The Kier molecular flexibility index (Phi) is 4.32. The predicted octanol–water partition coefficient (Wildman–Crippen LogP) is 1.78. The number of benzene rings is 1. The number of nitrogens with two attached hydrogens (primary N) is 1. The van der Waals surface area contributed by atoms with Crippen molar-refractivity contribution in [2.45, 2.75) is 37.0 Å². The minimum absolute atomic E-state index is 0.336. The van der Waals surface area contributed by atoms with Gasteiger partial charge in [-0.15, -0.1) is 0 Å². The van der Waals surface area contributed by atoms with Crippen LogP contribution < -0.4 is 5.73 Å². The molecular weight excluding hydrogens is 278 g/mol. The summed E-state index contributed by atoms with van der Waals surface area (Å²) in [5.74, 6) is -0.448. The maximum Gasteiger partial charge on any atom is 0.338 e. The van der Waals surface area contributed by atoms with Crippen LogP contribution in [0.5, 0.6) is 0 Å². The van der Waals surface area contributed by atoms with E-state index in [-0.39, 0.29) is 6.10 Å². The van der Waals surface area contributed by atoms with Crippen LogP contribution in [0, 0.1) is 0 Å². The van der Waals surface area contributed by atoms with Gasteiger partial charge in [-0.3, -0.25) is 0 Å². The average molecular weight is 297 g/mol. The molecule has 0 heterocycles. The summed E-state index contributed by atoms with van der Waals surface area (Å²) in [5.41, 5.74) is 6.51. The number of carbonyl (C=O) groups is 1. The van der Waals surface area contributed by atoms with Crippen LogP contribution in [0.3, 0.4) is 0 Å². The highest BCUT2D eigenvalue weighted by atomic mass is 32.2. The number of esters is 1. The fraction of sp³-hybridized carbons (Fsp3) is 0.500. The van der Waals surface area contributed by atoms with E-state index in [0.29, 0.717) is 30.5 Å². The Bertz CT molecular complexity index is 597. The second-order valence-corrected chi connectivity index (χ2v) is 7.60. The zero-order chi connectivity index (χ0) is 14.8. The van der Waals surface area contributed by atoms with E-state index < -0.39 is 21.1 Å². The van der Waals surface area contributed by atoms with Crippen molar-refractivity contribution in [3.05, 3.63) is 29.8 Å². The Balaban J connectivity index is 2.01. The molecule has 0 aliphatic heterocycles. The lowest BCUT2D eigenvalue weighted by molar-refractivity contribution is 0.0215. The third-order valence-electron chi connectivity index (χ3n) is 3.58. The molecule has 0 saturated heterocycles. The topological polar surface area (TPSA) is 86.5 Å². The average Bonchev–Trinajstić information content (AvgIpc) is 2.38. The standard InChI is InChI=1S/C14H19NO4S/c1-20(17,18)13-7-3-6-12(9-13)19-14(16)10-4-2-5-11(15)8-10/h2,4-5,8,12-13H,3,6-7,9,15H2,1H3. The number of hydrogen-bond donors (Lipinski definition) is 1. The fourth-order valence-corrected chi connectivity index (χ4v) is 3.64. The summed E-state index contributed by atoms with van der Waals surface area (Å²) in [4.78, 5) is 12.0. The molecule has 20 heavy (non-hydrogen) atoms. The molecule has 2 rings (SSSR count). The Morgan fingerprint density at radius 2 is 2.10 bits per heavy atom. The zero-order valence-corrected chi connectivity index (χ0v) is 12.2. The second kappa shape index (κ2) is 5.83. The van der Waals surface area contributed by atoms with E-state index in [4.69, 9.17) is 10.5 Å². The smallest absolute Gasteiger partial charge is 0.338 e. The third-order valence-corrected chi connectivity index (χ3v) is 5.22. The first-order valence-electron chi connectivity index (χ1n) is 6.61. The van der Waals surface area contributed by atoms with Gasteiger partial charge in [0.1, 0.15) is 15.9 Å². The molecule has 5 nitrogen and oxygen atoms in total. The highest BCUT2D eigenvalue weighted by Gasteiger charge is 2.31. The molecule has 1 aliphatic rings. The molecule has 0 spiro atoms. The van der Waals surface area contributed by atoms with Crippen LogP contribution in [0.2, 0.25) is 0 Å². The van der Waals surface area contributed by atoms with Crippen LogP contribution in [-0.4, -0.2) is 32.0 Å². The number of hydrogen-bond acceptors (Lipinski definition) is 5. The lowest BCUT2D eigenvalue weighted by atomic mass is 9.97. The van der Waals surface area contributed by atoms with Crippen molar-refractivity contribution in [2.24, 2.45) is 0 Å². The van der Waals surface area contributed by atoms with Crippen LogP contribution in [-0.2, 0) is 14.6 Å². The summed E-state index contributed by atoms with van der Waals surface area (Å²) in [7, 11) is -3.08. The van der Waals surface area contributed by atoms with Crippen LogP contribution in [0.1, 0.15) is 36.0 Å². The molecule has 1 aromatic rings. The van der Waals surface area contributed by atoms with Crippen molar-refractivity contribution < 1.29 is 17.9 Å². The molecular formula is C14H19NO4S. The van der Waals surface area contributed by atoms with Gasteiger partial charge in [-0.2, -0.15) is 0 Å². The summed E-state index contributed by atoms with van der Waals surface area (Å²) in [6.07, 6.45) is 3.39. The quantitative estimate of drug-likeness (QED) is 0.679. The summed E-state index contributed by atoms with van der Waals surface area (Å²) in [6, 6.07) is 6.57. The van der Waals surface area contributed by atoms with Gasteiger partial charge in [0.2, 0.25) is 0 Å². The van der Waals surface area contributed by atoms with Crippen LogP contribution in [0.4, 0.5) is 5.69 Å². The SMILES string of the molecule is CS(=O)(=O)C1CCCC(OC(=O)c2cccc(N)c2)C1. The zero-order valence-electron chi connectivity index (χ0n) is 11.4. The number of rotatable bonds is 3. The Morgan fingerprint density at radius 1 is 1.35 bits per heavy atom. The van der Waals surface area contributed by atoms with Crippen molar-refractivity contribution in [2.75, 3.05) is 12.0 Å². The number of ether oxygens (including phenoxy) is 1. The molecule has 1 saturated carbocycles. The molecule has 0 radical (unpaired) electrons. The van der Waals surface area contributed by atoms with Gasteiger partial charge in [-0.1, -0.05) is 6.07 Å². The molecule has 110 valence electrons. The Labute approximate surface area is 119 Å². The molecule has 1 aromatic carbocycles. The van der Waals surface area contributed by atoms with E-state index in [1.807, 2.05) is 0 Å². The van der Waals surface area contributed by atoms with E-state index in [0.717, 1.165) is 6.42 Å². The van der Waals surface area contributed by atoms with Gasteiger partial charge in [0, 0.05) is 18.4 Å². The first-order chi connectivity index (χ1) is 9.36. The minimum Gasteiger partial charge on any atom is -0.459 e. The Hall–Kier alpha value is -1.56. The van der Waals surface area contributed by atoms with Crippen molar-refractivity contribution >= 4 is 21.5 Å². The molecule has 1 aliphatic carbocycles. The first-order valence-corrected chi connectivity index (χ1v) is 8.57. The predicted molar refractivity (Wildman–Crippen MR) is 77.2 cm³/mol. The second-order valence-electron chi connectivity index (χ2n) is 5.27. The molecule has 2 atom stereocenters. The molecule has 0 bridgehead atoms. The molecule has 2 unspecified atom stereocenters. The summed E-state index contributed by atoms with van der Waals surface area (Å²) < 4.78 is 28.5. The molecule has 6 heteroatoms. The van der Waals surface area contributed by atoms with E-state index >= 15 is 0 Å². The summed E-state index contributed by atoms with van der Waals surface area (Å²) in [6.45, 7) is 0. The molecule has 0 aromatic heterocycles. The summed E-state index contributed by atoms with van der Waals surface area (Å²) >= 11 is 0. The van der Waals surface area contributed by atoms with Gasteiger partial charge in [0.15, 0.2) is 0 Å². The maximum atomic E-state index is 12.0. The van der Waals surface area contributed by atoms with Crippen LogP contribution >= 0.6 is 0 Å². The highest BCUT2D eigenvalue weighted by molar-refractivity contribution is 7.91. The monoisotopic (exact) mass is 297 g/mol. The van der Waals surface area contributed by atoms with Gasteiger partial charge >= 0.3 is 5.97 Å². The number of carbonyl (C=O) groups excluding carboxylic acids is 1. The van der Waals surface area contributed by atoms with Crippen molar-refractivity contribution in [1.82, 2.24) is 0 Å².